The van der Waals surface area contributed by atoms with E-state index in [0.717, 1.165) is 4.95 Å². The molecule has 0 heterocycles. The minimum atomic E-state index is -1.33. The second-order valence-electron chi connectivity index (χ2n) is 3.02. The van der Waals surface area contributed by atoms with Crippen LogP contribution in [0.25, 0.3) is 0 Å². The summed E-state index contributed by atoms with van der Waals surface area (Å²) in [5.74, 6) is 0. The van der Waals surface area contributed by atoms with Gasteiger partial charge in [-0.05, 0) is 12.1 Å². The molecule has 3 heteroatoms. The van der Waals surface area contributed by atoms with Crippen molar-refractivity contribution in [2.45, 2.75) is 38.8 Å². The molecule has 0 bridgehead atoms. The van der Waals surface area contributed by atoms with Crippen molar-refractivity contribution in [2.75, 3.05) is 12.1 Å². The van der Waals surface area contributed by atoms with Crippen LogP contribution in [-0.2, 0) is 4.43 Å². The van der Waals surface area contributed by atoms with Crippen LogP contribution in [0.1, 0.15) is 26.7 Å². The molecule has 0 fully saturated rings. The van der Waals surface area contributed by atoms with Crippen molar-refractivity contribution < 1.29 is 4.43 Å². The van der Waals surface area contributed by atoms with E-state index in [1.807, 2.05) is 7.11 Å². The highest BCUT2D eigenvalue weighted by atomic mass is 79.9. The van der Waals surface area contributed by atoms with Gasteiger partial charge in [-0.15, -0.1) is 0 Å². The molecule has 0 aliphatic rings. The van der Waals surface area contributed by atoms with Crippen molar-refractivity contribution in [3.8, 4) is 0 Å². The molecule has 0 atom stereocenters. The topological polar surface area (TPSA) is 9.23 Å². The molecule has 0 aliphatic heterocycles. The van der Waals surface area contributed by atoms with E-state index in [2.05, 4.69) is 29.8 Å². The van der Waals surface area contributed by atoms with Gasteiger partial charge in [0, 0.05) is 12.1 Å². The molecule has 0 aromatic heterocycles. The number of hydrogen-bond donors (Lipinski definition) is 0. The predicted molar refractivity (Wildman–Crippen MR) is 56.8 cm³/mol. The standard InChI is InChI=1S/C8H19BrOSi/c1-4-6-11(8-9,10-3)7-5-2/h4-8H2,1-3H3. The lowest BCUT2D eigenvalue weighted by Crippen LogP contribution is -2.39. The molecular weight excluding hydrogens is 220 g/mol. The van der Waals surface area contributed by atoms with E-state index in [0.29, 0.717) is 0 Å². The maximum absolute atomic E-state index is 5.66. The maximum atomic E-state index is 5.66. The first-order valence-corrected chi connectivity index (χ1v) is 8.01. The Balaban J connectivity index is 3.96. The number of alkyl halides is 1. The van der Waals surface area contributed by atoms with Crippen LogP contribution < -0.4 is 0 Å². The molecule has 0 rings (SSSR count). The first-order chi connectivity index (χ1) is 5.24. The highest BCUT2D eigenvalue weighted by molar-refractivity contribution is 9.09. The Labute approximate surface area is 79.8 Å². The number of halogens is 1. The lowest BCUT2D eigenvalue weighted by Gasteiger charge is -2.26. The molecule has 0 aromatic carbocycles. The molecular formula is C8H19BrOSi. The molecule has 0 aromatic rings. The van der Waals surface area contributed by atoms with Gasteiger partial charge in [0.2, 0.25) is 8.32 Å². The van der Waals surface area contributed by atoms with Crippen LogP contribution in [0.4, 0.5) is 0 Å². The largest absolute Gasteiger partial charge is 0.419 e. The molecule has 0 saturated carbocycles. The van der Waals surface area contributed by atoms with Crippen LogP contribution >= 0.6 is 15.9 Å². The van der Waals surface area contributed by atoms with Crippen LogP contribution in [0.2, 0.25) is 12.1 Å². The van der Waals surface area contributed by atoms with Crippen LogP contribution in [0, 0.1) is 0 Å². The Hall–Kier alpha value is 0.657. The third-order valence-corrected chi connectivity index (χ3v) is 9.33. The normalized spacial score (nSPS) is 12.0. The van der Waals surface area contributed by atoms with Gasteiger partial charge in [0.15, 0.2) is 0 Å². The summed E-state index contributed by atoms with van der Waals surface area (Å²) in [7, 11) is 0.547. The van der Waals surface area contributed by atoms with Crippen LogP contribution in [0.5, 0.6) is 0 Å². The van der Waals surface area contributed by atoms with Crippen molar-refractivity contribution >= 4 is 24.2 Å². The van der Waals surface area contributed by atoms with Gasteiger partial charge >= 0.3 is 0 Å². The van der Waals surface area contributed by atoms with Crippen molar-refractivity contribution in [2.24, 2.45) is 0 Å². The second-order valence-corrected chi connectivity index (χ2v) is 8.74. The Bertz CT molecular complexity index is 86.1. The SMILES string of the molecule is CCC[Si](CBr)(CCC)OC. The monoisotopic (exact) mass is 238 g/mol. The van der Waals surface area contributed by atoms with Gasteiger partial charge in [0.1, 0.15) is 0 Å². The summed E-state index contributed by atoms with van der Waals surface area (Å²) in [4.78, 5) is 1.10. The van der Waals surface area contributed by atoms with E-state index in [-0.39, 0.29) is 0 Å². The molecule has 0 amide bonds. The van der Waals surface area contributed by atoms with Gasteiger partial charge in [0.05, 0.1) is 0 Å². The smallest absolute Gasteiger partial charge is 0.202 e. The van der Waals surface area contributed by atoms with Gasteiger partial charge in [-0.2, -0.15) is 0 Å². The van der Waals surface area contributed by atoms with Crippen molar-refractivity contribution in [1.29, 1.82) is 0 Å². The first kappa shape index (κ1) is 11.7. The van der Waals surface area contributed by atoms with Crippen LogP contribution in [0.3, 0.4) is 0 Å². The van der Waals surface area contributed by atoms with Crippen LogP contribution in [0.15, 0.2) is 0 Å². The van der Waals surface area contributed by atoms with Crippen molar-refractivity contribution in [3.05, 3.63) is 0 Å². The minimum Gasteiger partial charge on any atom is -0.419 e. The fourth-order valence-corrected chi connectivity index (χ4v) is 6.65. The molecule has 0 saturated heterocycles. The highest BCUT2D eigenvalue weighted by Gasteiger charge is 2.30. The van der Waals surface area contributed by atoms with Crippen molar-refractivity contribution in [1.82, 2.24) is 0 Å². The zero-order chi connectivity index (χ0) is 8.74. The van der Waals surface area contributed by atoms with Crippen molar-refractivity contribution in [3.63, 3.8) is 0 Å². The van der Waals surface area contributed by atoms with Gasteiger partial charge in [-0.1, -0.05) is 42.6 Å². The zero-order valence-corrected chi connectivity index (χ0v) is 10.4. The quantitative estimate of drug-likeness (QED) is 0.510. The lowest BCUT2D eigenvalue weighted by molar-refractivity contribution is 0.394. The Morgan fingerprint density at radius 1 is 1.18 bits per heavy atom. The fraction of sp³-hybridized carbons (Fsp3) is 1.00. The van der Waals surface area contributed by atoms with Crippen LogP contribution in [-0.4, -0.2) is 20.4 Å². The van der Waals surface area contributed by atoms with E-state index in [1.165, 1.54) is 24.9 Å². The molecule has 0 unspecified atom stereocenters. The summed E-state index contributed by atoms with van der Waals surface area (Å²) in [5, 5.41) is 0. The van der Waals surface area contributed by atoms with Gasteiger partial charge in [-0.3, -0.25) is 0 Å². The summed E-state index contributed by atoms with van der Waals surface area (Å²) in [5.41, 5.74) is 0. The summed E-state index contributed by atoms with van der Waals surface area (Å²) < 4.78 is 5.66. The molecule has 11 heavy (non-hydrogen) atoms. The molecule has 1 nitrogen and oxygen atoms in total. The zero-order valence-electron chi connectivity index (χ0n) is 7.82. The maximum Gasteiger partial charge on any atom is 0.202 e. The third kappa shape index (κ3) is 3.72. The first-order valence-electron chi connectivity index (χ1n) is 4.35. The predicted octanol–water partition coefficient (Wildman–Crippen LogP) is 3.33. The molecule has 0 aliphatic carbocycles. The summed E-state index contributed by atoms with van der Waals surface area (Å²) in [6, 6.07) is 2.59. The minimum absolute atomic E-state index is 1.10. The average molecular weight is 239 g/mol. The van der Waals surface area contributed by atoms with E-state index in [4.69, 9.17) is 4.43 Å². The Morgan fingerprint density at radius 2 is 1.64 bits per heavy atom. The number of hydrogen-bond acceptors (Lipinski definition) is 1. The van der Waals surface area contributed by atoms with E-state index >= 15 is 0 Å². The van der Waals surface area contributed by atoms with Gasteiger partial charge in [0.25, 0.3) is 0 Å². The number of rotatable bonds is 6. The highest BCUT2D eigenvalue weighted by Crippen LogP contribution is 2.22. The van der Waals surface area contributed by atoms with E-state index < -0.39 is 8.32 Å². The lowest BCUT2D eigenvalue weighted by atomic mass is 10.6. The summed E-state index contributed by atoms with van der Waals surface area (Å²) in [6.07, 6.45) is 2.51. The molecule has 0 radical (unpaired) electrons. The second kappa shape index (κ2) is 6.20. The summed E-state index contributed by atoms with van der Waals surface area (Å²) in [6.45, 7) is 4.47. The van der Waals surface area contributed by atoms with Gasteiger partial charge < -0.3 is 4.43 Å². The van der Waals surface area contributed by atoms with Gasteiger partial charge in [-0.25, -0.2) is 0 Å². The average Bonchev–Trinajstić information content (AvgIpc) is 2.04. The Kier molecular flexibility index (Phi) is 6.57. The Morgan fingerprint density at radius 3 is 1.82 bits per heavy atom. The molecule has 68 valence electrons. The summed E-state index contributed by atoms with van der Waals surface area (Å²) >= 11 is 3.57. The van der Waals surface area contributed by atoms with E-state index in [1.54, 1.807) is 0 Å². The fourth-order valence-electron chi connectivity index (χ4n) is 1.43. The van der Waals surface area contributed by atoms with E-state index in [9.17, 15) is 0 Å². The molecule has 0 N–H and O–H groups in total. The molecule has 0 spiro atoms. The third-order valence-electron chi connectivity index (χ3n) is 2.09.